The van der Waals surface area contributed by atoms with Crippen molar-refractivity contribution in [1.82, 2.24) is 0 Å². The molecule has 0 aliphatic carbocycles. The maximum Gasteiger partial charge on any atom is 3.00 e. The topological polar surface area (TPSA) is 20.2 Å². The predicted molar refractivity (Wildman–Crippen MR) is 12.8 cm³/mol. The third-order valence-electron chi connectivity index (χ3n) is 0. The van der Waals surface area contributed by atoms with Gasteiger partial charge in [0.2, 0.25) is 0 Å². The van der Waals surface area contributed by atoms with E-state index in [2.05, 4.69) is 0 Å². The van der Waals surface area contributed by atoms with Crippen molar-refractivity contribution in [3.63, 3.8) is 0 Å². The van der Waals surface area contributed by atoms with E-state index in [1.165, 1.54) is 0 Å². The predicted octanol–water partition coefficient (Wildman–Crippen LogP) is -8.99. The van der Waals surface area contributed by atoms with Crippen molar-refractivity contribution in [1.29, 1.82) is 0 Å². The Morgan fingerprint density at radius 3 is 1.14 bits per heavy atom. The molecule has 0 heterocycles. The molecule has 0 aliphatic rings. The summed E-state index contributed by atoms with van der Waals surface area (Å²) in [6, 6.07) is 0. The van der Waals surface area contributed by atoms with Gasteiger partial charge < -0.3 is 42.3 Å². The van der Waals surface area contributed by atoms with Gasteiger partial charge in [-0.3, -0.25) is 0 Å². The summed E-state index contributed by atoms with van der Waals surface area (Å²) in [5.74, 6) is 0. The summed E-state index contributed by atoms with van der Waals surface area (Å²) in [4.78, 5) is 0. The molecule has 0 radical (unpaired) electrons. The van der Waals surface area contributed by atoms with E-state index in [1.54, 1.807) is 6.92 Å². The zero-order valence-corrected chi connectivity index (χ0v) is 8.28. The van der Waals surface area contributed by atoms with E-state index in [0.717, 1.165) is 0 Å². The summed E-state index contributed by atoms with van der Waals surface area (Å²) >= 11 is 0. The van der Waals surface area contributed by atoms with Crippen molar-refractivity contribution in [3.8, 4) is 0 Å². The number of hydrogen-bond donors (Lipinski definition) is 1. The summed E-state index contributed by atoms with van der Waals surface area (Å²) in [6.45, 7) is 1.93. The average Bonchev–Trinajstić information content (AvgIpc) is 0.918. The molecule has 0 aliphatic heterocycles. The van der Waals surface area contributed by atoms with Crippen molar-refractivity contribution >= 4 is 0 Å². The minimum Gasteiger partial charge on any atom is -1.00 e. The van der Waals surface area contributed by atoms with Crippen LogP contribution in [0.1, 0.15) is 6.92 Å². The molecule has 0 atom stereocenters. The van der Waals surface area contributed by atoms with Crippen LogP contribution < -0.4 is 37.2 Å². The Kier molecular flexibility index (Phi) is 286. The van der Waals surface area contributed by atoms with Crippen molar-refractivity contribution in [2.45, 2.75) is 6.92 Å². The molecule has 0 aromatic rings. The second-order valence-electron chi connectivity index (χ2n) is 0.316. The quantitative estimate of drug-likeness (QED) is 0.463. The molecule has 0 bridgehead atoms. The Hall–Kier alpha value is 1.48. The maximum atomic E-state index is 7.57. The molecule has 1 nitrogen and oxygen atoms in total. The van der Waals surface area contributed by atoms with Crippen molar-refractivity contribution in [2.24, 2.45) is 0 Å². The van der Waals surface area contributed by atoms with Crippen LogP contribution in [0.5, 0.6) is 0 Å². The van der Waals surface area contributed by atoms with Crippen LogP contribution in [0, 0.1) is 0 Å². The van der Waals surface area contributed by atoms with Gasteiger partial charge in [-0.1, -0.05) is 0 Å². The first-order valence-corrected chi connectivity index (χ1v) is 1.02. The number of aliphatic hydroxyl groups excluding tert-OH is 1. The monoisotopic (exact) mass is 344 g/mol. The van der Waals surface area contributed by atoms with Crippen LogP contribution in [0.2, 0.25) is 0 Å². The number of rotatable bonds is 0. The summed E-state index contributed by atoms with van der Waals surface area (Å²) in [6.07, 6.45) is 0. The third-order valence-corrected chi connectivity index (χ3v) is 0. The molecule has 1 N–H and O–H groups in total. The number of hydrogen-bond acceptors (Lipinski definition) is 1. The summed E-state index contributed by atoms with van der Waals surface area (Å²) in [5.41, 5.74) is 0. The normalized spacial score (nSPS) is 2.57. The van der Waals surface area contributed by atoms with Crippen LogP contribution in [0.15, 0.2) is 0 Å². The van der Waals surface area contributed by atoms with Gasteiger partial charge in [-0.15, -0.1) is 0 Å². The molecule has 50 valence electrons. The van der Waals surface area contributed by atoms with Gasteiger partial charge in [0.05, 0.1) is 0 Å². The van der Waals surface area contributed by atoms with E-state index in [1.807, 2.05) is 0 Å². The molecule has 0 amide bonds. The first-order valence-electron chi connectivity index (χ1n) is 1.02. The first-order chi connectivity index (χ1) is 1.41. The van der Waals surface area contributed by atoms with Gasteiger partial charge >= 0.3 is 20.1 Å². The molecule has 0 aromatic heterocycles. The van der Waals surface area contributed by atoms with Gasteiger partial charge in [0.15, 0.2) is 0 Å². The van der Waals surface area contributed by atoms with Crippen LogP contribution in [0.4, 0.5) is 0 Å². The van der Waals surface area contributed by atoms with Crippen LogP contribution in [-0.4, -0.2) is 11.7 Å². The van der Waals surface area contributed by atoms with E-state index >= 15 is 0 Å². The van der Waals surface area contributed by atoms with Crippen LogP contribution in [0.3, 0.4) is 0 Å². The van der Waals surface area contributed by atoms with E-state index in [9.17, 15) is 0 Å². The fraction of sp³-hybridized carbons (Fsp3) is 1.00. The fourth-order valence-corrected chi connectivity index (χ4v) is 0. The minimum absolute atomic E-state index is 0. The van der Waals surface area contributed by atoms with E-state index in [4.69, 9.17) is 5.11 Å². The van der Waals surface area contributed by atoms with Crippen molar-refractivity contribution in [3.05, 3.63) is 0 Å². The van der Waals surface area contributed by atoms with Crippen LogP contribution >= 0.6 is 0 Å². The zero-order chi connectivity index (χ0) is 2.71. The number of aliphatic hydroxyl groups is 1. The van der Waals surface area contributed by atoms with Crippen molar-refractivity contribution in [2.75, 3.05) is 6.61 Å². The van der Waals surface area contributed by atoms with Gasteiger partial charge in [-0.05, 0) is 6.92 Å². The Morgan fingerprint density at radius 2 is 1.14 bits per heavy atom. The SMILES string of the molecule is CCO.[Cl-].[Cl-].[Cl-].[Ir+3]. The van der Waals surface area contributed by atoms with Gasteiger partial charge in [0, 0.05) is 6.61 Å². The molecule has 0 rings (SSSR count). The molecule has 0 spiro atoms. The van der Waals surface area contributed by atoms with Crippen molar-refractivity contribution < 1.29 is 62.4 Å². The summed E-state index contributed by atoms with van der Waals surface area (Å²) in [7, 11) is 0. The average molecular weight is 345 g/mol. The van der Waals surface area contributed by atoms with Gasteiger partial charge in [-0.25, -0.2) is 0 Å². The number of halogens is 3. The standard InChI is InChI=1S/C2H6O.3ClH.Ir/c1-2-3;;;;/h3H,2H2,1H3;3*1H;/q;;;;+3/p-3. The Bertz CT molecular complexity index is 12.9. The second-order valence-corrected chi connectivity index (χ2v) is 0.316. The zero-order valence-electron chi connectivity index (χ0n) is 3.62. The third kappa shape index (κ3) is 103. The van der Waals surface area contributed by atoms with E-state index in [0.29, 0.717) is 0 Å². The molecular weight excluding hydrogens is 339 g/mol. The van der Waals surface area contributed by atoms with Crippen LogP contribution in [0.25, 0.3) is 0 Å². The van der Waals surface area contributed by atoms with Crippen LogP contribution in [-0.2, 0) is 20.1 Å². The molecular formula is C2H6Cl3IrO. The molecule has 5 heteroatoms. The van der Waals surface area contributed by atoms with Gasteiger partial charge in [-0.2, -0.15) is 0 Å². The minimum atomic E-state index is 0. The Labute approximate surface area is 75.8 Å². The van der Waals surface area contributed by atoms with Gasteiger partial charge in [0.1, 0.15) is 0 Å². The summed E-state index contributed by atoms with van der Waals surface area (Å²) in [5, 5.41) is 7.57. The smallest absolute Gasteiger partial charge is 1.00 e. The molecule has 0 fully saturated rings. The van der Waals surface area contributed by atoms with E-state index < -0.39 is 0 Å². The summed E-state index contributed by atoms with van der Waals surface area (Å²) < 4.78 is 0. The molecule has 7 heavy (non-hydrogen) atoms. The fourth-order valence-electron chi connectivity index (χ4n) is 0. The van der Waals surface area contributed by atoms with Gasteiger partial charge in [0.25, 0.3) is 0 Å². The first kappa shape index (κ1) is 39.2. The molecule has 0 saturated heterocycles. The second kappa shape index (κ2) is 51.1. The Balaban J connectivity index is -0.00000000333. The maximum absolute atomic E-state index is 7.57. The van der Waals surface area contributed by atoms with E-state index in [-0.39, 0.29) is 63.9 Å². The molecule has 0 saturated carbocycles. The Morgan fingerprint density at radius 1 is 1.14 bits per heavy atom. The molecule has 0 unspecified atom stereocenters. The largest absolute Gasteiger partial charge is 3.00 e. The molecule has 0 aromatic carbocycles.